The van der Waals surface area contributed by atoms with Crippen LogP contribution in [-0.2, 0) is 0 Å². The minimum atomic E-state index is 0.810. The van der Waals surface area contributed by atoms with E-state index in [1.165, 1.54) is 50.0 Å². The van der Waals surface area contributed by atoms with E-state index >= 15 is 0 Å². The molecule has 0 amide bonds. The first-order valence-corrected chi connectivity index (χ1v) is 8.62. The highest BCUT2D eigenvalue weighted by molar-refractivity contribution is 7.99. The zero-order valence-electron chi connectivity index (χ0n) is 11.0. The third-order valence-corrected chi connectivity index (χ3v) is 6.04. The van der Waals surface area contributed by atoms with Crippen molar-refractivity contribution in [1.82, 2.24) is 10.2 Å². The molecule has 1 N–H and O–H groups in total. The number of hydrogen-bond donors (Lipinski definition) is 1. The van der Waals surface area contributed by atoms with E-state index in [0.717, 1.165) is 30.7 Å². The van der Waals surface area contributed by atoms with Crippen LogP contribution in [0, 0.1) is 0 Å². The number of nitrogens with zero attached hydrogens (tertiary/aromatic N) is 1. The molecule has 3 aliphatic rings. The summed E-state index contributed by atoms with van der Waals surface area (Å²) in [5, 5.41) is 3.68. The van der Waals surface area contributed by atoms with Crippen molar-refractivity contribution >= 4 is 11.8 Å². The maximum atomic E-state index is 3.68. The topological polar surface area (TPSA) is 15.3 Å². The molecule has 3 atom stereocenters. The van der Waals surface area contributed by atoms with Crippen molar-refractivity contribution in [3.8, 4) is 0 Å². The van der Waals surface area contributed by atoms with Crippen molar-refractivity contribution in [1.29, 1.82) is 0 Å². The minimum Gasteiger partial charge on any atom is -0.314 e. The molecule has 3 rings (SSSR count). The molecule has 17 heavy (non-hydrogen) atoms. The van der Waals surface area contributed by atoms with Gasteiger partial charge in [-0.2, -0.15) is 11.8 Å². The maximum absolute atomic E-state index is 3.68. The number of rotatable bonds is 3. The van der Waals surface area contributed by atoms with Gasteiger partial charge in [0.05, 0.1) is 0 Å². The Hall–Kier alpha value is 0.270. The summed E-state index contributed by atoms with van der Waals surface area (Å²) in [5.74, 6) is 2.80. The lowest BCUT2D eigenvalue weighted by atomic mass is 9.94. The summed E-state index contributed by atoms with van der Waals surface area (Å²) in [6.07, 6.45) is 8.66. The zero-order valence-corrected chi connectivity index (χ0v) is 11.8. The molecular weight excluding hydrogens is 228 g/mol. The van der Waals surface area contributed by atoms with Gasteiger partial charge in [0.25, 0.3) is 0 Å². The van der Waals surface area contributed by atoms with Crippen LogP contribution in [0.5, 0.6) is 0 Å². The number of thioether (sulfide) groups is 1. The second kappa shape index (κ2) is 5.50. The molecule has 0 aliphatic carbocycles. The quantitative estimate of drug-likeness (QED) is 0.833. The van der Waals surface area contributed by atoms with Crippen molar-refractivity contribution in [2.75, 3.05) is 18.1 Å². The summed E-state index contributed by atoms with van der Waals surface area (Å²) >= 11 is 2.18. The monoisotopic (exact) mass is 254 g/mol. The van der Waals surface area contributed by atoms with Crippen LogP contribution in [0.3, 0.4) is 0 Å². The Balaban J connectivity index is 1.63. The first-order valence-electron chi connectivity index (χ1n) is 7.47. The third kappa shape index (κ3) is 2.52. The Labute approximate surface area is 110 Å². The molecule has 0 radical (unpaired) electrons. The normalized spacial score (nSPS) is 42.9. The fourth-order valence-electron chi connectivity index (χ4n) is 4.22. The van der Waals surface area contributed by atoms with Gasteiger partial charge in [0.2, 0.25) is 0 Å². The van der Waals surface area contributed by atoms with Gasteiger partial charge in [0.15, 0.2) is 0 Å². The summed E-state index contributed by atoms with van der Waals surface area (Å²) in [6, 6.07) is 3.53. The third-order valence-electron chi connectivity index (χ3n) is 4.84. The first-order chi connectivity index (χ1) is 8.38. The molecule has 0 saturated carbocycles. The standard InChI is InChI=1S/C14H26N2S/c1-2-15-11-8-12-5-6-13(9-11)16(12)14-4-3-7-17-10-14/h11-15H,2-10H2,1H3. The smallest absolute Gasteiger partial charge is 0.0192 e. The van der Waals surface area contributed by atoms with Gasteiger partial charge >= 0.3 is 0 Å². The molecule has 0 aromatic carbocycles. The van der Waals surface area contributed by atoms with Crippen LogP contribution < -0.4 is 5.32 Å². The second-order valence-corrected chi connectivity index (χ2v) is 7.08. The molecule has 3 aliphatic heterocycles. The molecule has 3 saturated heterocycles. The van der Waals surface area contributed by atoms with Gasteiger partial charge in [-0.15, -0.1) is 0 Å². The van der Waals surface area contributed by atoms with E-state index in [1.807, 2.05) is 0 Å². The molecule has 2 nitrogen and oxygen atoms in total. The largest absolute Gasteiger partial charge is 0.314 e. The SMILES string of the molecule is CCNC1CC2CCC(C1)N2C1CCCSC1. The predicted molar refractivity (Wildman–Crippen MR) is 75.7 cm³/mol. The van der Waals surface area contributed by atoms with Crippen molar-refractivity contribution in [2.45, 2.75) is 69.6 Å². The van der Waals surface area contributed by atoms with E-state index < -0.39 is 0 Å². The average Bonchev–Trinajstić information content (AvgIpc) is 2.63. The van der Waals surface area contributed by atoms with Crippen LogP contribution in [0.15, 0.2) is 0 Å². The van der Waals surface area contributed by atoms with Crippen LogP contribution in [0.4, 0.5) is 0 Å². The van der Waals surface area contributed by atoms with E-state index in [-0.39, 0.29) is 0 Å². The van der Waals surface area contributed by atoms with Gasteiger partial charge in [-0.3, -0.25) is 4.90 Å². The van der Waals surface area contributed by atoms with E-state index in [0.29, 0.717) is 0 Å². The highest BCUT2D eigenvalue weighted by atomic mass is 32.2. The number of nitrogens with one attached hydrogen (secondary N) is 1. The van der Waals surface area contributed by atoms with Gasteiger partial charge in [0, 0.05) is 29.9 Å². The summed E-state index contributed by atoms with van der Waals surface area (Å²) in [6.45, 7) is 3.38. The van der Waals surface area contributed by atoms with Crippen molar-refractivity contribution in [3.63, 3.8) is 0 Å². The molecule has 0 aromatic rings. The minimum absolute atomic E-state index is 0.810. The number of piperidine rings is 1. The van der Waals surface area contributed by atoms with E-state index in [1.54, 1.807) is 0 Å². The summed E-state index contributed by atoms with van der Waals surface area (Å²) in [4.78, 5) is 2.93. The Bertz CT molecular complexity index is 239. The summed E-state index contributed by atoms with van der Waals surface area (Å²) in [7, 11) is 0. The van der Waals surface area contributed by atoms with Crippen LogP contribution in [0.25, 0.3) is 0 Å². The lowest BCUT2D eigenvalue weighted by molar-refractivity contribution is 0.0745. The van der Waals surface area contributed by atoms with Gasteiger partial charge in [0.1, 0.15) is 0 Å². The van der Waals surface area contributed by atoms with E-state index in [2.05, 4.69) is 28.9 Å². The summed E-state index contributed by atoms with van der Waals surface area (Å²) < 4.78 is 0. The van der Waals surface area contributed by atoms with Gasteiger partial charge in [-0.1, -0.05) is 6.92 Å². The molecule has 0 aromatic heterocycles. The van der Waals surface area contributed by atoms with Gasteiger partial charge in [-0.05, 0) is 50.8 Å². The van der Waals surface area contributed by atoms with Crippen LogP contribution in [0.2, 0.25) is 0 Å². The van der Waals surface area contributed by atoms with Crippen LogP contribution in [-0.4, -0.2) is 47.1 Å². The van der Waals surface area contributed by atoms with Crippen molar-refractivity contribution < 1.29 is 0 Å². The Morgan fingerprint density at radius 3 is 2.47 bits per heavy atom. The predicted octanol–water partition coefficient (Wildman–Crippen LogP) is 2.49. The highest BCUT2D eigenvalue weighted by Crippen LogP contribution is 2.39. The van der Waals surface area contributed by atoms with Crippen LogP contribution >= 0.6 is 11.8 Å². The lowest BCUT2D eigenvalue weighted by Crippen LogP contribution is -2.54. The Morgan fingerprint density at radius 2 is 1.88 bits per heavy atom. The average molecular weight is 254 g/mol. The Kier molecular flexibility index (Phi) is 3.98. The van der Waals surface area contributed by atoms with Crippen molar-refractivity contribution in [2.24, 2.45) is 0 Å². The zero-order chi connectivity index (χ0) is 11.7. The van der Waals surface area contributed by atoms with Gasteiger partial charge in [-0.25, -0.2) is 0 Å². The molecule has 3 heteroatoms. The molecule has 3 fully saturated rings. The number of fused-ring (bicyclic) bond motifs is 2. The lowest BCUT2D eigenvalue weighted by Gasteiger charge is -2.45. The maximum Gasteiger partial charge on any atom is 0.0192 e. The fourth-order valence-corrected chi connectivity index (χ4v) is 5.37. The first kappa shape index (κ1) is 12.3. The van der Waals surface area contributed by atoms with Gasteiger partial charge < -0.3 is 5.32 Å². The molecular formula is C14H26N2S. The highest BCUT2D eigenvalue weighted by Gasteiger charge is 2.43. The van der Waals surface area contributed by atoms with Crippen molar-refractivity contribution in [3.05, 3.63) is 0 Å². The van der Waals surface area contributed by atoms with E-state index in [9.17, 15) is 0 Å². The molecule has 98 valence electrons. The van der Waals surface area contributed by atoms with E-state index in [4.69, 9.17) is 0 Å². The second-order valence-electron chi connectivity index (χ2n) is 5.93. The molecule has 3 unspecified atom stereocenters. The van der Waals surface area contributed by atoms with Crippen LogP contribution in [0.1, 0.15) is 45.4 Å². The fraction of sp³-hybridized carbons (Fsp3) is 1.00. The molecule has 2 bridgehead atoms. The number of hydrogen-bond acceptors (Lipinski definition) is 3. The summed E-state index contributed by atoms with van der Waals surface area (Å²) in [5.41, 5.74) is 0. The molecule has 0 spiro atoms. The molecule has 3 heterocycles. The Morgan fingerprint density at radius 1 is 1.12 bits per heavy atom.